The molecule has 0 bridgehead atoms. The van der Waals surface area contributed by atoms with Crippen LogP contribution in [0.15, 0.2) is 0 Å². The van der Waals surface area contributed by atoms with Crippen molar-refractivity contribution in [2.24, 2.45) is 0 Å². The average molecular weight is 280 g/mol. The number of nitrogen functional groups attached to an aromatic ring is 1. The lowest BCUT2D eigenvalue weighted by molar-refractivity contribution is 0.177. The van der Waals surface area contributed by atoms with Gasteiger partial charge in [-0.1, -0.05) is 25.7 Å². The highest BCUT2D eigenvalue weighted by Crippen LogP contribution is 2.28. The molecule has 0 amide bonds. The SMILES string of the molecule is COCc1nc(NC2CCCCCC2)c(N)c(OC)n1. The maximum Gasteiger partial charge on any atom is 0.242 e. The molecule has 0 atom stereocenters. The van der Waals surface area contributed by atoms with E-state index in [0.717, 1.165) is 12.8 Å². The molecule has 20 heavy (non-hydrogen) atoms. The number of nitrogens with zero attached hydrogens (tertiary/aromatic N) is 2. The summed E-state index contributed by atoms with van der Waals surface area (Å²) < 4.78 is 10.3. The van der Waals surface area contributed by atoms with Crippen LogP contribution in [0.25, 0.3) is 0 Å². The van der Waals surface area contributed by atoms with Crippen LogP contribution in [-0.2, 0) is 11.3 Å². The Morgan fingerprint density at radius 3 is 2.45 bits per heavy atom. The first-order valence-corrected chi connectivity index (χ1v) is 7.20. The number of ether oxygens (including phenoxy) is 2. The number of nitrogens with two attached hydrogens (primary N) is 1. The fourth-order valence-corrected chi connectivity index (χ4v) is 2.57. The highest BCUT2D eigenvalue weighted by atomic mass is 16.5. The van der Waals surface area contributed by atoms with E-state index in [-0.39, 0.29) is 0 Å². The Morgan fingerprint density at radius 2 is 1.85 bits per heavy atom. The van der Waals surface area contributed by atoms with Crippen LogP contribution in [0.5, 0.6) is 5.88 Å². The average Bonchev–Trinajstić information content (AvgIpc) is 2.71. The van der Waals surface area contributed by atoms with Gasteiger partial charge < -0.3 is 20.5 Å². The van der Waals surface area contributed by atoms with Gasteiger partial charge in [0.15, 0.2) is 11.6 Å². The molecular weight excluding hydrogens is 256 g/mol. The summed E-state index contributed by atoms with van der Waals surface area (Å²) in [5.41, 5.74) is 6.53. The van der Waals surface area contributed by atoms with Crippen LogP contribution in [0.2, 0.25) is 0 Å². The molecule has 6 nitrogen and oxygen atoms in total. The summed E-state index contributed by atoms with van der Waals surface area (Å²) in [5.74, 6) is 1.65. The highest BCUT2D eigenvalue weighted by molar-refractivity contribution is 5.67. The molecule has 2 rings (SSSR count). The van der Waals surface area contributed by atoms with Crippen molar-refractivity contribution < 1.29 is 9.47 Å². The second-order valence-electron chi connectivity index (χ2n) is 5.18. The monoisotopic (exact) mass is 280 g/mol. The smallest absolute Gasteiger partial charge is 0.242 e. The minimum Gasteiger partial charge on any atom is -0.479 e. The molecule has 1 aliphatic carbocycles. The molecule has 3 N–H and O–H groups in total. The van der Waals surface area contributed by atoms with Gasteiger partial charge in [-0.15, -0.1) is 0 Å². The summed E-state index contributed by atoms with van der Waals surface area (Å²) in [6.45, 7) is 0.343. The Bertz CT molecular complexity index is 431. The van der Waals surface area contributed by atoms with E-state index in [1.807, 2.05) is 0 Å². The van der Waals surface area contributed by atoms with E-state index >= 15 is 0 Å². The molecule has 0 unspecified atom stereocenters. The van der Waals surface area contributed by atoms with Gasteiger partial charge in [-0.2, -0.15) is 4.98 Å². The third-order valence-electron chi connectivity index (χ3n) is 3.62. The van der Waals surface area contributed by atoms with Gasteiger partial charge in [0.1, 0.15) is 12.3 Å². The lowest BCUT2D eigenvalue weighted by atomic mass is 10.1. The van der Waals surface area contributed by atoms with Crippen molar-refractivity contribution in [3.8, 4) is 5.88 Å². The molecule has 1 saturated carbocycles. The Labute approximate surface area is 120 Å². The lowest BCUT2D eigenvalue weighted by Gasteiger charge is -2.19. The molecule has 1 aromatic heterocycles. The van der Waals surface area contributed by atoms with E-state index in [2.05, 4.69) is 15.3 Å². The summed E-state index contributed by atoms with van der Waals surface area (Å²) in [6, 6.07) is 0.426. The van der Waals surface area contributed by atoms with Crippen molar-refractivity contribution in [3.63, 3.8) is 0 Å². The number of nitrogens with one attached hydrogen (secondary N) is 1. The summed E-state index contributed by atoms with van der Waals surface area (Å²) in [4.78, 5) is 8.67. The Morgan fingerprint density at radius 1 is 1.15 bits per heavy atom. The molecule has 0 aliphatic heterocycles. The van der Waals surface area contributed by atoms with Gasteiger partial charge in [-0.25, -0.2) is 4.98 Å². The minimum absolute atomic E-state index is 0.343. The largest absolute Gasteiger partial charge is 0.479 e. The van der Waals surface area contributed by atoms with Crippen LogP contribution in [0, 0.1) is 0 Å². The zero-order valence-corrected chi connectivity index (χ0v) is 12.3. The van der Waals surface area contributed by atoms with E-state index in [9.17, 15) is 0 Å². The Hall–Kier alpha value is -1.56. The van der Waals surface area contributed by atoms with Crippen molar-refractivity contribution in [3.05, 3.63) is 5.82 Å². The molecule has 0 radical (unpaired) electrons. The van der Waals surface area contributed by atoms with Crippen LogP contribution in [-0.4, -0.2) is 30.2 Å². The molecule has 0 aromatic carbocycles. The number of hydrogen-bond acceptors (Lipinski definition) is 6. The van der Waals surface area contributed by atoms with Crippen LogP contribution in [0.3, 0.4) is 0 Å². The molecular formula is C14H24N4O2. The first-order chi connectivity index (χ1) is 9.74. The Kier molecular flexibility index (Phi) is 5.40. The predicted octanol–water partition coefficient (Wildman–Crippen LogP) is 2.35. The molecule has 1 fully saturated rings. The molecule has 1 aromatic rings. The minimum atomic E-state index is 0.343. The van der Waals surface area contributed by atoms with E-state index < -0.39 is 0 Å². The van der Waals surface area contributed by atoms with E-state index in [0.29, 0.717) is 35.9 Å². The van der Waals surface area contributed by atoms with Crippen molar-refractivity contribution in [1.82, 2.24) is 9.97 Å². The second kappa shape index (κ2) is 7.28. The number of hydrogen-bond donors (Lipinski definition) is 2. The molecule has 0 spiro atoms. The van der Waals surface area contributed by atoms with E-state index in [4.69, 9.17) is 15.2 Å². The van der Waals surface area contributed by atoms with Gasteiger partial charge in [0, 0.05) is 13.2 Å². The third-order valence-corrected chi connectivity index (χ3v) is 3.62. The number of anilines is 2. The summed E-state index contributed by atoms with van der Waals surface area (Å²) in [5, 5.41) is 3.45. The third kappa shape index (κ3) is 3.72. The van der Waals surface area contributed by atoms with Crippen LogP contribution in [0.1, 0.15) is 44.3 Å². The lowest BCUT2D eigenvalue weighted by Crippen LogP contribution is -2.21. The molecule has 1 heterocycles. The van der Waals surface area contributed by atoms with Gasteiger partial charge in [-0.3, -0.25) is 0 Å². The van der Waals surface area contributed by atoms with Gasteiger partial charge >= 0.3 is 0 Å². The van der Waals surface area contributed by atoms with Crippen molar-refractivity contribution in [2.45, 2.75) is 51.2 Å². The fourth-order valence-electron chi connectivity index (χ4n) is 2.57. The number of rotatable bonds is 5. The predicted molar refractivity (Wildman–Crippen MR) is 78.8 cm³/mol. The first-order valence-electron chi connectivity index (χ1n) is 7.20. The van der Waals surface area contributed by atoms with E-state index in [1.165, 1.54) is 25.7 Å². The summed E-state index contributed by atoms with van der Waals surface area (Å²) >= 11 is 0. The van der Waals surface area contributed by atoms with E-state index in [1.54, 1.807) is 14.2 Å². The molecule has 1 aliphatic rings. The quantitative estimate of drug-likeness (QED) is 0.806. The first kappa shape index (κ1) is 14.8. The zero-order valence-electron chi connectivity index (χ0n) is 12.3. The van der Waals surface area contributed by atoms with Gasteiger partial charge in [-0.05, 0) is 12.8 Å². The standard InChI is InChI=1S/C14H24N4O2/c1-19-9-11-17-13(12(15)14(18-11)20-2)16-10-7-5-3-4-6-8-10/h10H,3-9,15H2,1-2H3,(H,16,17,18). The summed E-state index contributed by atoms with van der Waals surface area (Å²) in [7, 11) is 3.18. The molecule has 6 heteroatoms. The maximum atomic E-state index is 6.06. The zero-order chi connectivity index (χ0) is 14.4. The number of aromatic nitrogens is 2. The van der Waals surface area contributed by atoms with Crippen molar-refractivity contribution >= 4 is 11.5 Å². The molecule has 0 saturated heterocycles. The van der Waals surface area contributed by atoms with Crippen LogP contribution >= 0.6 is 0 Å². The van der Waals surface area contributed by atoms with Crippen molar-refractivity contribution in [2.75, 3.05) is 25.3 Å². The van der Waals surface area contributed by atoms with Crippen LogP contribution < -0.4 is 15.8 Å². The number of methoxy groups -OCH3 is 2. The Balaban J connectivity index is 2.17. The normalized spacial score (nSPS) is 16.7. The maximum absolute atomic E-state index is 6.06. The molecule has 112 valence electrons. The fraction of sp³-hybridized carbons (Fsp3) is 0.714. The summed E-state index contributed by atoms with van der Waals surface area (Å²) in [6.07, 6.45) is 7.46. The van der Waals surface area contributed by atoms with Gasteiger partial charge in [0.05, 0.1) is 7.11 Å². The van der Waals surface area contributed by atoms with Gasteiger partial charge in [0.2, 0.25) is 5.88 Å². The van der Waals surface area contributed by atoms with Crippen LogP contribution in [0.4, 0.5) is 11.5 Å². The topological polar surface area (TPSA) is 82.3 Å². The van der Waals surface area contributed by atoms with Crippen molar-refractivity contribution in [1.29, 1.82) is 0 Å². The highest BCUT2D eigenvalue weighted by Gasteiger charge is 2.17. The van der Waals surface area contributed by atoms with Gasteiger partial charge in [0.25, 0.3) is 0 Å². The second-order valence-corrected chi connectivity index (χ2v) is 5.18.